The van der Waals surface area contributed by atoms with E-state index in [0.29, 0.717) is 22.5 Å². The van der Waals surface area contributed by atoms with Gasteiger partial charge in [-0.25, -0.2) is 15.0 Å². The normalized spacial score (nSPS) is 15.6. The number of nitrogen functional groups attached to an aromatic ring is 1. The van der Waals surface area contributed by atoms with Crippen molar-refractivity contribution in [3.05, 3.63) is 65.2 Å². The second-order valence-electron chi connectivity index (χ2n) is 7.26. The molecular weight excluding hydrogens is 350 g/mol. The van der Waals surface area contributed by atoms with Crippen LogP contribution in [0, 0.1) is 0 Å². The van der Waals surface area contributed by atoms with Crippen molar-refractivity contribution in [2.45, 2.75) is 19.4 Å². The van der Waals surface area contributed by atoms with Crippen molar-refractivity contribution in [2.75, 3.05) is 18.8 Å². The molecule has 2 aliphatic rings. The third-order valence-electron chi connectivity index (χ3n) is 5.40. The van der Waals surface area contributed by atoms with Gasteiger partial charge in [0.25, 0.3) is 0 Å². The van der Waals surface area contributed by atoms with Crippen LogP contribution in [0.5, 0.6) is 0 Å². The van der Waals surface area contributed by atoms with Crippen molar-refractivity contribution in [2.24, 2.45) is 0 Å². The fourth-order valence-corrected chi connectivity index (χ4v) is 4.00. The summed E-state index contributed by atoms with van der Waals surface area (Å²) in [6.45, 7) is 2.88. The zero-order valence-corrected chi connectivity index (χ0v) is 15.5. The molecule has 0 amide bonds. The molecule has 0 saturated carbocycles. The number of nitrogens with zero attached hydrogens (tertiary/aromatic N) is 3. The summed E-state index contributed by atoms with van der Waals surface area (Å²) in [5, 5.41) is 2.25. The van der Waals surface area contributed by atoms with E-state index in [2.05, 4.69) is 20.4 Å². The summed E-state index contributed by atoms with van der Waals surface area (Å²) in [5.41, 5.74) is 14.7. The van der Waals surface area contributed by atoms with Crippen molar-refractivity contribution in [3.63, 3.8) is 0 Å². The van der Waals surface area contributed by atoms with Crippen molar-refractivity contribution >= 4 is 11.7 Å². The first-order valence-electron chi connectivity index (χ1n) is 9.60. The van der Waals surface area contributed by atoms with Gasteiger partial charge in [-0.2, -0.15) is 0 Å². The van der Waals surface area contributed by atoms with E-state index < -0.39 is 0 Å². The zero-order chi connectivity index (χ0) is 19.1. The second kappa shape index (κ2) is 6.82. The third kappa shape index (κ3) is 2.87. The fourth-order valence-electron chi connectivity index (χ4n) is 4.00. The minimum absolute atomic E-state index is 0.0390. The van der Waals surface area contributed by atoms with Gasteiger partial charge < -0.3 is 5.73 Å². The number of hydrogen-bond donors (Lipinski definition) is 2. The number of anilines is 1. The van der Waals surface area contributed by atoms with Gasteiger partial charge >= 0.3 is 0 Å². The first-order valence-corrected chi connectivity index (χ1v) is 9.60. The topological polar surface area (TPSA) is 84.1 Å². The van der Waals surface area contributed by atoms with Gasteiger partial charge in [0.1, 0.15) is 0 Å². The number of aromatic nitrogens is 2. The summed E-state index contributed by atoms with van der Waals surface area (Å²) >= 11 is 0. The van der Waals surface area contributed by atoms with Gasteiger partial charge in [-0.15, -0.1) is 0 Å². The molecule has 0 atom stereocenters. The van der Waals surface area contributed by atoms with Crippen LogP contribution in [0.3, 0.4) is 0 Å². The minimum Gasteiger partial charge on any atom is -0.368 e. The number of rotatable bonds is 4. The van der Waals surface area contributed by atoms with Gasteiger partial charge in [0.15, 0.2) is 5.78 Å². The quantitative estimate of drug-likeness (QED) is 0.574. The van der Waals surface area contributed by atoms with Crippen LogP contribution in [0.4, 0.5) is 5.95 Å². The van der Waals surface area contributed by atoms with E-state index in [-0.39, 0.29) is 11.7 Å². The fraction of sp³-hybridized carbons (Fsp3) is 0.227. The Bertz CT molecular complexity index is 1060. The summed E-state index contributed by atoms with van der Waals surface area (Å²) in [6.07, 6.45) is 2.47. The third-order valence-corrected chi connectivity index (χ3v) is 5.40. The van der Waals surface area contributed by atoms with E-state index in [1.54, 1.807) is 0 Å². The smallest absolute Gasteiger partial charge is 0.221 e. The van der Waals surface area contributed by atoms with Gasteiger partial charge in [-0.05, 0) is 24.5 Å². The largest absolute Gasteiger partial charge is 0.368 e. The number of carbonyl (C=O) groups excluding carboxylic acids is 1. The van der Waals surface area contributed by atoms with Crippen molar-refractivity contribution < 1.29 is 4.79 Å². The maximum atomic E-state index is 13.1. The van der Waals surface area contributed by atoms with E-state index in [9.17, 15) is 4.79 Å². The summed E-state index contributed by atoms with van der Waals surface area (Å²) in [4.78, 5) is 21.9. The molecule has 28 heavy (non-hydrogen) atoms. The summed E-state index contributed by atoms with van der Waals surface area (Å²) in [5.74, 6) is 0.141. The highest BCUT2D eigenvalue weighted by Gasteiger charge is 2.32. The average molecular weight is 371 g/mol. The average Bonchev–Trinajstić information content (AvgIpc) is 3.34. The molecule has 1 aromatic heterocycles. The maximum absolute atomic E-state index is 13.1. The lowest BCUT2D eigenvalue weighted by Gasteiger charge is -2.16. The van der Waals surface area contributed by atoms with E-state index in [4.69, 9.17) is 5.73 Å². The molecule has 0 spiro atoms. The summed E-state index contributed by atoms with van der Waals surface area (Å²) in [7, 11) is 0. The maximum Gasteiger partial charge on any atom is 0.221 e. The first-order chi connectivity index (χ1) is 13.7. The highest BCUT2D eigenvalue weighted by molar-refractivity contribution is 6.23. The SMILES string of the molecule is Nc1nc(-c2ccccc2)c2c(n1)-c1cc(CNN3CCCC3)ccc1C2=O. The first kappa shape index (κ1) is 17.0. The van der Waals surface area contributed by atoms with Crippen molar-refractivity contribution in [1.29, 1.82) is 0 Å². The predicted octanol–water partition coefficient (Wildman–Crippen LogP) is 3.04. The minimum atomic E-state index is -0.0390. The lowest BCUT2D eigenvalue weighted by Crippen LogP contribution is -2.34. The lowest BCUT2D eigenvalue weighted by atomic mass is 10.0. The number of nitrogens with one attached hydrogen (secondary N) is 1. The molecule has 1 aliphatic heterocycles. The molecule has 0 unspecified atom stereocenters. The molecule has 3 N–H and O–H groups in total. The molecule has 140 valence electrons. The van der Waals surface area contributed by atoms with Gasteiger partial charge in [-0.3, -0.25) is 10.2 Å². The second-order valence-corrected chi connectivity index (χ2v) is 7.26. The Labute approximate surface area is 163 Å². The Kier molecular flexibility index (Phi) is 4.15. The van der Waals surface area contributed by atoms with Crippen LogP contribution in [-0.4, -0.2) is 33.8 Å². The molecule has 5 rings (SSSR count). The van der Waals surface area contributed by atoms with E-state index in [1.165, 1.54) is 12.8 Å². The number of carbonyl (C=O) groups is 1. The van der Waals surface area contributed by atoms with Gasteiger partial charge in [0.2, 0.25) is 5.95 Å². The van der Waals surface area contributed by atoms with Crippen LogP contribution < -0.4 is 11.2 Å². The molecule has 2 heterocycles. The zero-order valence-electron chi connectivity index (χ0n) is 15.5. The number of hydrogen-bond acceptors (Lipinski definition) is 6. The standard InChI is InChI=1S/C22H21N5O/c23-22-25-19(15-6-2-1-3-7-15)18-20(26-22)17-12-14(8-9-16(17)21(18)28)13-24-27-10-4-5-11-27/h1-3,6-9,12,24H,4-5,10-11,13H2,(H2,23,25,26). The van der Waals surface area contributed by atoms with Crippen LogP contribution in [0.1, 0.15) is 34.3 Å². The molecule has 0 radical (unpaired) electrons. The highest BCUT2D eigenvalue weighted by atomic mass is 16.1. The highest BCUT2D eigenvalue weighted by Crippen LogP contribution is 2.40. The summed E-state index contributed by atoms with van der Waals surface area (Å²) in [6, 6.07) is 15.6. The monoisotopic (exact) mass is 371 g/mol. The van der Waals surface area contributed by atoms with Crippen LogP contribution in [-0.2, 0) is 6.54 Å². The molecule has 1 aliphatic carbocycles. The molecule has 6 nitrogen and oxygen atoms in total. The Morgan fingerprint density at radius 1 is 0.964 bits per heavy atom. The number of hydrazine groups is 1. The van der Waals surface area contributed by atoms with Gasteiger partial charge in [0, 0.05) is 36.3 Å². The molecule has 6 heteroatoms. The van der Waals surface area contributed by atoms with E-state index in [0.717, 1.165) is 36.3 Å². The Balaban J connectivity index is 1.55. The Morgan fingerprint density at radius 2 is 1.71 bits per heavy atom. The van der Waals surface area contributed by atoms with Crippen LogP contribution in [0.2, 0.25) is 0 Å². The van der Waals surface area contributed by atoms with Crippen LogP contribution in [0.15, 0.2) is 48.5 Å². The molecule has 3 aromatic rings. The van der Waals surface area contributed by atoms with Crippen molar-refractivity contribution in [1.82, 2.24) is 20.4 Å². The molecule has 0 bridgehead atoms. The molecular formula is C22H21N5O. The van der Waals surface area contributed by atoms with E-state index in [1.807, 2.05) is 48.5 Å². The Hall–Kier alpha value is -3.09. The number of fused-ring (bicyclic) bond motifs is 3. The summed E-state index contributed by atoms with van der Waals surface area (Å²) < 4.78 is 0. The number of nitrogens with two attached hydrogens (primary N) is 1. The molecule has 1 saturated heterocycles. The van der Waals surface area contributed by atoms with E-state index >= 15 is 0 Å². The Morgan fingerprint density at radius 3 is 2.50 bits per heavy atom. The molecule has 1 fully saturated rings. The molecule has 2 aromatic carbocycles. The predicted molar refractivity (Wildman–Crippen MR) is 108 cm³/mol. The van der Waals surface area contributed by atoms with Gasteiger partial charge in [0.05, 0.1) is 17.0 Å². The number of ketones is 1. The van der Waals surface area contributed by atoms with Crippen LogP contribution >= 0.6 is 0 Å². The van der Waals surface area contributed by atoms with Crippen LogP contribution in [0.25, 0.3) is 22.5 Å². The number of benzene rings is 2. The van der Waals surface area contributed by atoms with Gasteiger partial charge in [-0.1, -0.05) is 42.5 Å². The lowest BCUT2D eigenvalue weighted by molar-refractivity contribution is 0.104. The van der Waals surface area contributed by atoms with Crippen molar-refractivity contribution in [3.8, 4) is 22.5 Å².